The molecule has 0 amide bonds. The van der Waals surface area contributed by atoms with Crippen molar-refractivity contribution in [3.63, 3.8) is 0 Å². The van der Waals surface area contributed by atoms with Crippen LogP contribution in [0.3, 0.4) is 0 Å². The van der Waals surface area contributed by atoms with E-state index in [1.165, 1.54) is 12.8 Å². The van der Waals surface area contributed by atoms with Crippen LogP contribution in [0.1, 0.15) is 25.7 Å². The Morgan fingerprint density at radius 1 is 1.43 bits per heavy atom. The third-order valence-electron chi connectivity index (χ3n) is 2.74. The van der Waals surface area contributed by atoms with E-state index in [1.807, 2.05) is 0 Å². The van der Waals surface area contributed by atoms with E-state index in [9.17, 15) is 0 Å². The van der Waals surface area contributed by atoms with Gasteiger partial charge < -0.3 is 9.64 Å². The summed E-state index contributed by atoms with van der Waals surface area (Å²) in [6, 6.07) is 2.18. The zero-order chi connectivity index (χ0) is 10.2. The van der Waals surface area contributed by atoms with Crippen molar-refractivity contribution in [1.29, 1.82) is 5.26 Å². The summed E-state index contributed by atoms with van der Waals surface area (Å²) < 4.78 is 5.32. The lowest BCUT2D eigenvalue weighted by Crippen LogP contribution is -2.30. The molecule has 1 saturated heterocycles. The number of nitriles is 1. The fourth-order valence-electron chi connectivity index (χ4n) is 1.89. The van der Waals surface area contributed by atoms with Gasteiger partial charge in [-0.25, -0.2) is 0 Å². The fraction of sp³-hybridized carbons (Fsp3) is 0.909. The van der Waals surface area contributed by atoms with Crippen LogP contribution < -0.4 is 0 Å². The van der Waals surface area contributed by atoms with E-state index in [4.69, 9.17) is 10.00 Å². The van der Waals surface area contributed by atoms with Gasteiger partial charge in [0.05, 0.1) is 6.07 Å². The summed E-state index contributed by atoms with van der Waals surface area (Å²) in [6.07, 6.45) is 4.07. The number of unbranched alkanes of at least 4 members (excludes halogenated alkanes) is 1. The second-order valence-corrected chi connectivity index (χ2v) is 4.08. The monoisotopic (exact) mass is 196 g/mol. The zero-order valence-electron chi connectivity index (χ0n) is 9.04. The van der Waals surface area contributed by atoms with Gasteiger partial charge in [0.15, 0.2) is 0 Å². The van der Waals surface area contributed by atoms with E-state index in [1.54, 1.807) is 0 Å². The first kappa shape index (κ1) is 11.5. The largest absolute Gasteiger partial charge is 0.381 e. The maximum Gasteiger partial charge on any atom is 0.0622 e. The Labute approximate surface area is 86.6 Å². The van der Waals surface area contributed by atoms with E-state index in [0.717, 1.165) is 38.6 Å². The molecule has 0 spiro atoms. The minimum atomic E-state index is 0.679. The second kappa shape index (κ2) is 6.80. The van der Waals surface area contributed by atoms with Crippen LogP contribution >= 0.6 is 0 Å². The summed E-state index contributed by atoms with van der Waals surface area (Å²) in [5, 5.41) is 8.42. The van der Waals surface area contributed by atoms with Crippen LogP contribution in [0.25, 0.3) is 0 Å². The third-order valence-corrected chi connectivity index (χ3v) is 2.74. The second-order valence-electron chi connectivity index (χ2n) is 4.08. The Morgan fingerprint density at radius 3 is 2.79 bits per heavy atom. The standard InChI is InChI=1S/C11H20N2O/c1-13(7-3-2-6-12)10-11-4-8-14-9-5-11/h11H,2-5,7-10H2,1H3. The van der Waals surface area contributed by atoms with E-state index in [2.05, 4.69) is 18.0 Å². The van der Waals surface area contributed by atoms with E-state index in [-0.39, 0.29) is 0 Å². The number of ether oxygens (including phenoxy) is 1. The van der Waals surface area contributed by atoms with Crippen molar-refractivity contribution in [1.82, 2.24) is 4.90 Å². The van der Waals surface area contributed by atoms with Crippen LogP contribution in [-0.4, -0.2) is 38.3 Å². The third kappa shape index (κ3) is 4.59. The van der Waals surface area contributed by atoms with Gasteiger partial charge in [0.25, 0.3) is 0 Å². The number of rotatable bonds is 5. The highest BCUT2D eigenvalue weighted by molar-refractivity contribution is 4.71. The Bertz CT molecular complexity index is 182. The lowest BCUT2D eigenvalue weighted by Gasteiger charge is -2.26. The predicted molar refractivity (Wildman–Crippen MR) is 55.9 cm³/mol. The molecule has 3 heteroatoms. The maximum absolute atomic E-state index is 8.42. The SMILES string of the molecule is CN(CCCC#N)CC1CCOCC1. The average molecular weight is 196 g/mol. The van der Waals surface area contributed by atoms with Crippen LogP contribution in [0.5, 0.6) is 0 Å². The molecule has 3 nitrogen and oxygen atoms in total. The van der Waals surface area contributed by atoms with Crippen molar-refractivity contribution >= 4 is 0 Å². The van der Waals surface area contributed by atoms with Crippen molar-refractivity contribution in [2.24, 2.45) is 5.92 Å². The highest BCUT2D eigenvalue weighted by Crippen LogP contribution is 2.15. The van der Waals surface area contributed by atoms with Crippen LogP contribution in [0.2, 0.25) is 0 Å². The molecule has 1 rings (SSSR count). The van der Waals surface area contributed by atoms with Crippen molar-refractivity contribution in [3.8, 4) is 6.07 Å². The van der Waals surface area contributed by atoms with Crippen molar-refractivity contribution < 1.29 is 4.74 Å². The summed E-state index contributed by atoms with van der Waals surface area (Å²) >= 11 is 0. The smallest absolute Gasteiger partial charge is 0.0622 e. The molecule has 0 aromatic rings. The Hall–Kier alpha value is -0.590. The van der Waals surface area contributed by atoms with Crippen molar-refractivity contribution in [2.45, 2.75) is 25.7 Å². The highest BCUT2D eigenvalue weighted by atomic mass is 16.5. The van der Waals surface area contributed by atoms with Gasteiger partial charge in [-0.05, 0) is 38.8 Å². The summed E-state index contributed by atoms with van der Waals surface area (Å²) in [4.78, 5) is 2.34. The molecule has 0 aromatic heterocycles. The van der Waals surface area contributed by atoms with E-state index >= 15 is 0 Å². The summed E-state index contributed by atoms with van der Waals surface area (Å²) in [5.74, 6) is 0.802. The van der Waals surface area contributed by atoms with Crippen molar-refractivity contribution in [3.05, 3.63) is 0 Å². The average Bonchev–Trinajstić information content (AvgIpc) is 2.20. The molecule has 14 heavy (non-hydrogen) atoms. The summed E-state index contributed by atoms with van der Waals surface area (Å²) in [6.45, 7) is 4.06. The molecule has 0 unspecified atom stereocenters. The molecule has 0 aromatic carbocycles. The Balaban J connectivity index is 2.06. The molecule has 0 bridgehead atoms. The molecule has 80 valence electrons. The predicted octanol–water partition coefficient (Wildman–Crippen LogP) is 1.65. The van der Waals surface area contributed by atoms with Gasteiger partial charge in [-0.3, -0.25) is 0 Å². The zero-order valence-corrected chi connectivity index (χ0v) is 9.04. The first-order valence-corrected chi connectivity index (χ1v) is 5.46. The molecular weight excluding hydrogens is 176 g/mol. The minimum absolute atomic E-state index is 0.679. The van der Waals surface area contributed by atoms with Crippen molar-refractivity contribution in [2.75, 3.05) is 33.4 Å². The molecule has 0 aliphatic carbocycles. The topological polar surface area (TPSA) is 36.3 Å². The molecule has 0 saturated carbocycles. The lowest BCUT2D eigenvalue weighted by molar-refractivity contribution is 0.0557. The van der Waals surface area contributed by atoms with Gasteiger partial charge in [-0.15, -0.1) is 0 Å². The molecule has 0 N–H and O–H groups in total. The fourth-order valence-corrected chi connectivity index (χ4v) is 1.89. The molecule has 1 aliphatic heterocycles. The van der Waals surface area contributed by atoms with Gasteiger partial charge in [-0.1, -0.05) is 0 Å². The number of hydrogen-bond acceptors (Lipinski definition) is 3. The van der Waals surface area contributed by atoms with E-state index < -0.39 is 0 Å². The number of nitrogens with zero attached hydrogens (tertiary/aromatic N) is 2. The van der Waals surface area contributed by atoms with Gasteiger partial charge in [-0.2, -0.15) is 5.26 Å². The molecule has 1 heterocycles. The quantitative estimate of drug-likeness (QED) is 0.627. The molecule has 1 fully saturated rings. The normalized spacial score (nSPS) is 18.4. The van der Waals surface area contributed by atoms with Crippen LogP contribution in [0, 0.1) is 17.2 Å². The molecule has 1 aliphatic rings. The first-order chi connectivity index (χ1) is 6.83. The van der Waals surface area contributed by atoms with Gasteiger partial charge in [0.1, 0.15) is 0 Å². The molecule has 0 atom stereocenters. The Morgan fingerprint density at radius 2 is 2.14 bits per heavy atom. The molecular formula is C11H20N2O. The van der Waals surface area contributed by atoms with Crippen LogP contribution in [-0.2, 0) is 4.74 Å². The molecule has 0 radical (unpaired) electrons. The van der Waals surface area contributed by atoms with E-state index in [0.29, 0.717) is 6.42 Å². The van der Waals surface area contributed by atoms with Gasteiger partial charge >= 0.3 is 0 Å². The first-order valence-electron chi connectivity index (χ1n) is 5.46. The maximum atomic E-state index is 8.42. The lowest BCUT2D eigenvalue weighted by atomic mass is 10.00. The van der Waals surface area contributed by atoms with Gasteiger partial charge in [0, 0.05) is 26.2 Å². The van der Waals surface area contributed by atoms with Crippen LogP contribution in [0.4, 0.5) is 0 Å². The van der Waals surface area contributed by atoms with Gasteiger partial charge in [0.2, 0.25) is 0 Å². The number of hydrogen-bond donors (Lipinski definition) is 0. The Kier molecular flexibility index (Phi) is 5.58. The minimum Gasteiger partial charge on any atom is -0.381 e. The van der Waals surface area contributed by atoms with Crippen LogP contribution in [0.15, 0.2) is 0 Å². The highest BCUT2D eigenvalue weighted by Gasteiger charge is 2.15. The summed E-state index contributed by atoms with van der Waals surface area (Å²) in [5.41, 5.74) is 0. The summed E-state index contributed by atoms with van der Waals surface area (Å²) in [7, 11) is 2.15.